The molecule has 4 nitrogen and oxygen atoms in total. The van der Waals surface area contributed by atoms with E-state index < -0.39 is 23.5 Å². The molecule has 0 aliphatic heterocycles. The highest BCUT2D eigenvalue weighted by Crippen LogP contribution is 2.40. The van der Waals surface area contributed by atoms with E-state index in [0.29, 0.717) is 22.1 Å². The van der Waals surface area contributed by atoms with Crippen LogP contribution in [0.5, 0.6) is 0 Å². The first-order valence-corrected chi connectivity index (χ1v) is 8.80. The van der Waals surface area contributed by atoms with Crippen LogP contribution >= 0.6 is 11.6 Å². The van der Waals surface area contributed by atoms with Crippen molar-refractivity contribution in [2.24, 2.45) is 0 Å². The van der Waals surface area contributed by atoms with Crippen LogP contribution in [0.2, 0.25) is 5.02 Å². The van der Waals surface area contributed by atoms with Gasteiger partial charge in [-0.1, -0.05) is 29.8 Å². The third-order valence-electron chi connectivity index (χ3n) is 4.20. The molecule has 1 heterocycles. The monoisotopic (exact) mass is 416 g/mol. The van der Waals surface area contributed by atoms with Gasteiger partial charge in [0.1, 0.15) is 23.0 Å². The lowest BCUT2D eigenvalue weighted by Gasteiger charge is -2.09. The summed E-state index contributed by atoms with van der Waals surface area (Å²) in [5.41, 5.74) is 0.624. The van der Waals surface area contributed by atoms with Crippen LogP contribution in [0.4, 0.5) is 29.5 Å². The summed E-state index contributed by atoms with van der Waals surface area (Å²) < 4.78 is 46.9. The fourth-order valence-corrected chi connectivity index (χ4v) is 3.11. The van der Waals surface area contributed by atoms with Crippen molar-refractivity contribution >= 4 is 40.2 Å². The van der Waals surface area contributed by atoms with Gasteiger partial charge in [-0.3, -0.25) is 5.32 Å². The van der Waals surface area contributed by atoms with Crippen molar-refractivity contribution in [1.29, 1.82) is 0 Å². The molecule has 4 aromatic rings. The van der Waals surface area contributed by atoms with Gasteiger partial charge in [0.05, 0.1) is 11.3 Å². The third-order valence-corrected chi connectivity index (χ3v) is 4.43. The summed E-state index contributed by atoms with van der Waals surface area (Å²) >= 11 is 6.06. The van der Waals surface area contributed by atoms with Crippen molar-refractivity contribution < 1.29 is 22.4 Å². The molecule has 0 bridgehead atoms. The lowest BCUT2D eigenvalue weighted by molar-refractivity contribution is 0.261. The molecular formula is C21H12ClF3N2O2. The minimum atomic E-state index is -0.939. The van der Waals surface area contributed by atoms with Gasteiger partial charge >= 0.3 is 6.03 Å². The lowest BCUT2D eigenvalue weighted by Crippen LogP contribution is -2.20. The van der Waals surface area contributed by atoms with Crippen LogP contribution in [0.15, 0.2) is 65.1 Å². The Kier molecular flexibility index (Phi) is 4.90. The Labute approximate surface area is 167 Å². The van der Waals surface area contributed by atoms with Crippen LogP contribution in [-0.4, -0.2) is 6.03 Å². The summed E-state index contributed by atoms with van der Waals surface area (Å²) in [4.78, 5) is 12.4. The number of anilines is 2. The van der Waals surface area contributed by atoms with Crippen LogP contribution in [0, 0.1) is 17.5 Å². The molecule has 4 rings (SSSR count). The summed E-state index contributed by atoms with van der Waals surface area (Å²) in [5, 5.41) is 5.61. The second-order valence-electron chi connectivity index (χ2n) is 6.13. The minimum absolute atomic E-state index is 0.0487. The van der Waals surface area contributed by atoms with E-state index in [4.69, 9.17) is 16.0 Å². The standard InChI is InChI=1S/C21H12ClF3N2O2/c22-11-5-8-18-14(9-11)19(13-3-1-2-4-15(13)24)20(29-18)27-21(28)26-17-7-6-12(23)10-16(17)25/h1-10H,(H2,26,27,28). The zero-order valence-electron chi connectivity index (χ0n) is 14.6. The first-order chi connectivity index (χ1) is 13.9. The maximum Gasteiger partial charge on any atom is 0.326 e. The Bertz CT molecular complexity index is 1240. The average Bonchev–Trinajstić information content (AvgIpc) is 3.01. The number of carbonyl (C=O) groups excluding carboxylic acids is 1. The average molecular weight is 417 g/mol. The molecule has 0 atom stereocenters. The van der Waals surface area contributed by atoms with Crippen LogP contribution in [-0.2, 0) is 0 Å². The molecule has 0 saturated carbocycles. The normalized spacial score (nSPS) is 10.9. The van der Waals surface area contributed by atoms with Gasteiger partial charge in [-0.05, 0) is 36.4 Å². The number of halogens is 4. The van der Waals surface area contributed by atoms with Crippen LogP contribution in [0.25, 0.3) is 22.1 Å². The Morgan fingerprint density at radius 3 is 2.45 bits per heavy atom. The molecule has 29 heavy (non-hydrogen) atoms. The summed E-state index contributed by atoms with van der Waals surface area (Å²) in [5.74, 6) is -2.29. The molecule has 0 radical (unpaired) electrons. The molecule has 1 aromatic heterocycles. The van der Waals surface area contributed by atoms with Gasteiger partial charge in [-0.25, -0.2) is 18.0 Å². The van der Waals surface area contributed by atoms with Gasteiger partial charge in [0.15, 0.2) is 0 Å². The van der Waals surface area contributed by atoms with Gasteiger partial charge in [-0.2, -0.15) is 0 Å². The SMILES string of the molecule is O=C(Nc1ccc(F)cc1F)Nc1oc2ccc(Cl)cc2c1-c1ccccc1F. The maximum atomic E-state index is 14.4. The summed E-state index contributed by atoms with van der Waals surface area (Å²) in [6.45, 7) is 0. The van der Waals surface area contributed by atoms with Crippen molar-refractivity contribution in [3.05, 3.63) is 83.1 Å². The highest BCUT2D eigenvalue weighted by Gasteiger charge is 2.21. The fraction of sp³-hybridized carbons (Fsp3) is 0. The van der Waals surface area contributed by atoms with Crippen LogP contribution in [0.3, 0.4) is 0 Å². The van der Waals surface area contributed by atoms with E-state index in [9.17, 15) is 18.0 Å². The zero-order valence-corrected chi connectivity index (χ0v) is 15.4. The topological polar surface area (TPSA) is 54.3 Å². The molecule has 8 heteroatoms. The van der Waals surface area contributed by atoms with E-state index in [-0.39, 0.29) is 22.7 Å². The summed E-state index contributed by atoms with van der Waals surface area (Å²) in [6, 6.07) is 12.6. The number of carbonyl (C=O) groups is 1. The minimum Gasteiger partial charge on any atom is -0.440 e. The van der Waals surface area contributed by atoms with Gasteiger partial charge in [-0.15, -0.1) is 0 Å². The quantitative estimate of drug-likeness (QED) is 0.385. The van der Waals surface area contributed by atoms with E-state index in [0.717, 1.165) is 12.1 Å². The fourth-order valence-electron chi connectivity index (χ4n) is 2.94. The molecular weight excluding hydrogens is 405 g/mol. The molecule has 0 saturated heterocycles. The molecule has 2 amide bonds. The number of hydrogen-bond donors (Lipinski definition) is 2. The van der Waals surface area contributed by atoms with E-state index in [2.05, 4.69) is 10.6 Å². The maximum absolute atomic E-state index is 14.4. The van der Waals surface area contributed by atoms with Crippen molar-refractivity contribution in [2.45, 2.75) is 0 Å². The molecule has 146 valence electrons. The van der Waals surface area contributed by atoms with E-state index in [1.165, 1.54) is 18.2 Å². The Morgan fingerprint density at radius 2 is 1.69 bits per heavy atom. The number of furan rings is 1. The van der Waals surface area contributed by atoms with Crippen LogP contribution in [0.1, 0.15) is 0 Å². The Morgan fingerprint density at radius 1 is 0.897 bits per heavy atom. The number of rotatable bonds is 3. The molecule has 0 spiro atoms. The van der Waals surface area contributed by atoms with Crippen molar-refractivity contribution in [3.63, 3.8) is 0 Å². The lowest BCUT2D eigenvalue weighted by atomic mass is 10.0. The zero-order chi connectivity index (χ0) is 20.5. The van der Waals surface area contributed by atoms with Gasteiger partial charge in [0, 0.05) is 22.0 Å². The first kappa shape index (κ1) is 18.9. The molecule has 0 aliphatic carbocycles. The van der Waals surface area contributed by atoms with Gasteiger partial charge in [0.2, 0.25) is 5.88 Å². The van der Waals surface area contributed by atoms with E-state index in [1.54, 1.807) is 24.3 Å². The van der Waals surface area contributed by atoms with Crippen molar-refractivity contribution in [1.82, 2.24) is 0 Å². The predicted octanol–water partition coefficient (Wildman–Crippen LogP) is 6.81. The number of urea groups is 1. The molecule has 0 unspecified atom stereocenters. The second kappa shape index (κ2) is 7.52. The number of hydrogen-bond acceptors (Lipinski definition) is 2. The molecule has 2 N–H and O–H groups in total. The van der Waals surface area contributed by atoms with Crippen LogP contribution < -0.4 is 10.6 Å². The highest BCUT2D eigenvalue weighted by molar-refractivity contribution is 6.31. The largest absolute Gasteiger partial charge is 0.440 e. The van der Waals surface area contributed by atoms with E-state index in [1.807, 2.05) is 0 Å². The van der Waals surface area contributed by atoms with E-state index >= 15 is 0 Å². The van der Waals surface area contributed by atoms with Crippen molar-refractivity contribution in [2.75, 3.05) is 10.6 Å². The molecule has 0 aliphatic rings. The third kappa shape index (κ3) is 3.77. The summed E-state index contributed by atoms with van der Waals surface area (Å²) in [6.07, 6.45) is 0. The second-order valence-corrected chi connectivity index (χ2v) is 6.57. The number of fused-ring (bicyclic) bond motifs is 1. The van der Waals surface area contributed by atoms with Crippen molar-refractivity contribution in [3.8, 4) is 11.1 Å². The van der Waals surface area contributed by atoms with Gasteiger partial charge in [0.25, 0.3) is 0 Å². The first-order valence-electron chi connectivity index (χ1n) is 8.42. The predicted molar refractivity (Wildman–Crippen MR) is 106 cm³/mol. The number of nitrogens with one attached hydrogen (secondary N) is 2. The Hall–Kier alpha value is -3.45. The number of amides is 2. The Balaban J connectivity index is 1.74. The smallest absolute Gasteiger partial charge is 0.326 e. The molecule has 0 fully saturated rings. The number of benzene rings is 3. The highest BCUT2D eigenvalue weighted by atomic mass is 35.5. The van der Waals surface area contributed by atoms with Gasteiger partial charge < -0.3 is 9.73 Å². The molecule has 3 aromatic carbocycles. The summed E-state index contributed by atoms with van der Waals surface area (Å²) in [7, 11) is 0.